The van der Waals surface area contributed by atoms with Gasteiger partial charge in [0.05, 0.1) is 24.6 Å². The normalized spacial score (nSPS) is 11.6. The molecule has 2 aromatic heterocycles. The Bertz CT molecular complexity index is 590. The molecule has 0 aliphatic heterocycles. The number of halogens is 1. The highest BCUT2D eigenvalue weighted by Crippen LogP contribution is 2.20. The van der Waals surface area contributed by atoms with Crippen molar-refractivity contribution < 1.29 is 14.9 Å². The number of ether oxygens (including phenoxy) is 1. The van der Waals surface area contributed by atoms with Gasteiger partial charge in [0.15, 0.2) is 5.65 Å². The van der Waals surface area contributed by atoms with Gasteiger partial charge in [-0.2, -0.15) is 0 Å². The molecule has 18 heavy (non-hydrogen) atoms. The lowest BCUT2D eigenvalue weighted by Gasteiger charge is -2.13. The number of rotatable bonds is 5. The fourth-order valence-corrected chi connectivity index (χ4v) is 1.82. The Hall–Kier alpha value is -1.41. The summed E-state index contributed by atoms with van der Waals surface area (Å²) in [6.07, 6.45) is 2.11. The molecule has 0 spiro atoms. The summed E-state index contributed by atoms with van der Waals surface area (Å²) in [6.45, 7) is -0.555. The van der Waals surface area contributed by atoms with E-state index in [2.05, 4.69) is 9.97 Å². The van der Waals surface area contributed by atoms with Gasteiger partial charge >= 0.3 is 0 Å². The lowest BCUT2D eigenvalue weighted by atomic mass is 10.4. The SMILES string of the molecule is O=c1[nH]cnc2c1c(Cl)cn2COC(CO)CO. The zero-order valence-corrected chi connectivity index (χ0v) is 10.1. The van der Waals surface area contributed by atoms with Crippen LogP contribution in [-0.2, 0) is 11.5 Å². The standard InChI is InChI=1S/C10H12ClN3O4/c11-7-1-14(5-18-6(2-15)3-16)9-8(7)10(17)13-4-12-9/h1,4,6,15-16H,2-3,5H2,(H,12,13,17). The molecule has 0 aromatic carbocycles. The van der Waals surface area contributed by atoms with E-state index in [1.807, 2.05) is 0 Å². The molecule has 0 aliphatic rings. The highest BCUT2D eigenvalue weighted by atomic mass is 35.5. The van der Waals surface area contributed by atoms with Gasteiger partial charge in [-0.1, -0.05) is 11.6 Å². The summed E-state index contributed by atoms with van der Waals surface area (Å²) in [5, 5.41) is 18.3. The Morgan fingerprint density at radius 3 is 2.89 bits per heavy atom. The van der Waals surface area contributed by atoms with Crippen LogP contribution in [0.3, 0.4) is 0 Å². The van der Waals surface area contributed by atoms with Crippen molar-refractivity contribution in [3.05, 3.63) is 27.9 Å². The topological polar surface area (TPSA) is 100 Å². The average Bonchev–Trinajstić information content (AvgIpc) is 2.69. The highest BCUT2D eigenvalue weighted by molar-refractivity contribution is 6.35. The van der Waals surface area contributed by atoms with Crippen LogP contribution in [0.15, 0.2) is 17.3 Å². The molecule has 0 fully saturated rings. The first kappa shape index (κ1) is 13.0. The number of aliphatic hydroxyl groups is 2. The summed E-state index contributed by atoms with van der Waals surface area (Å²) >= 11 is 5.93. The molecule has 0 aliphatic carbocycles. The third-order valence-corrected chi connectivity index (χ3v) is 2.76. The maximum absolute atomic E-state index is 11.5. The van der Waals surface area contributed by atoms with Crippen LogP contribution in [0.25, 0.3) is 11.0 Å². The quantitative estimate of drug-likeness (QED) is 0.695. The number of hydrogen-bond donors (Lipinski definition) is 3. The van der Waals surface area contributed by atoms with Crippen LogP contribution in [0.5, 0.6) is 0 Å². The minimum Gasteiger partial charge on any atom is -0.394 e. The molecule has 0 unspecified atom stereocenters. The Labute approximate surface area is 107 Å². The van der Waals surface area contributed by atoms with Crippen molar-refractivity contribution in [2.75, 3.05) is 13.2 Å². The molecule has 0 bridgehead atoms. The van der Waals surface area contributed by atoms with Gasteiger partial charge in [-0.15, -0.1) is 0 Å². The fourth-order valence-electron chi connectivity index (χ4n) is 1.53. The number of hydrogen-bond acceptors (Lipinski definition) is 5. The van der Waals surface area contributed by atoms with E-state index < -0.39 is 6.10 Å². The second-order valence-electron chi connectivity index (χ2n) is 3.66. The lowest BCUT2D eigenvalue weighted by molar-refractivity contribution is -0.0486. The van der Waals surface area contributed by atoms with E-state index in [4.69, 9.17) is 26.6 Å². The first-order chi connectivity index (χ1) is 8.67. The van der Waals surface area contributed by atoms with Gasteiger partial charge < -0.3 is 24.5 Å². The van der Waals surface area contributed by atoms with E-state index in [0.717, 1.165) is 0 Å². The van der Waals surface area contributed by atoms with Crippen LogP contribution in [0.1, 0.15) is 0 Å². The van der Waals surface area contributed by atoms with E-state index in [0.29, 0.717) is 5.65 Å². The summed E-state index contributed by atoms with van der Waals surface area (Å²) in [6, 6.07) is 0. The number of H-pyrrole nitrogens is 1. The molecule has 8 heteroatoms. The van der Waals surface area contributed by atoms with E-state index >= 15 is 0 Å². The Morgan fingerprint density at radius 2 is 2.22 bits per heavy atom. The van der Waals surface area contributed by atoms with Crippen molar-refractivity contribution >= 4 is 22.6 Å². The molecule has 2 heterocycles. The summed E-state index contributed by atoms with van der Waals surface area (Å²) in [5.74, 6) is 0. The van der Waals surface area contributed by atoms with Gasteiger partial charge in [-0.25, -0.2) is 4.98 Å². The van der Waals surface area contributed by atoms with Crippen LogP contribution in [0.4, 0.5) is 0 Å². The van der Waals surface area contributed by atoms with Gasteiger partial charge in [0.2, 0.25) is 0 Å². The monoisotopic (exact) mass is 273 g/mol. The molecule has 0 amide bonds. The molecule has 7 nitrogen and oxygen atoms in total. The number of nitrogens with one attached hydrogen (secondary N) is 1. The minimum absolute atomic E-state index is 0.0332. The largest absolute Gasteiger partial charge is 0.394 e. The van der Waals surface area contributed by atoms with Crippen molar-refractivity contribution in [3.8, 4) is 0 Å². The van der Waals surface area contributed by atoms with Crippen LogP contribution in [-0.4, -0.2) is 44.1 Å². The second-order valence-corrected chi connectivity index (χ2v) is 4.07. The van der Waals surface area contributed by atoms with Crippen LogP contribution < -0.4 is 5.56 Å². The minimum atomic E-state index is -0.678. The van der Waals surface area contributed by atoms with Crippen LogP contribution >= 0.6 is 11.6 Å². The molecule has 98 valence electrons. The predicted molar refractivity (Wildman–Crippen MR) is 64.4 cm³/mol. The second kappa shape index (κ2) is 5.49. The summed E-state index contributed by atoms with van der Waals surface area (Å²) in [7, 11) is 0. The van der Waals surface area contributed by atoms with E-state index in [-0.39, 0.29) is 35.9 Å². The van der Waals surface area contributed by atoms with Gasteiger partial charge in [0.1, 0.15) is 18.2 Å². The zero-order chi connectivity index (χ0) is 13.1. The number of aliphatic hydroxyl groups excluding tert-OH is 2. The van der Waals surface area contributed by atoms with Crippen molar-refractivity contribution in [1.29, 1.82) is 0 Å². The van der Waals surface area contributed by atoms with Crippen LogP contribution in [0, 0.1) is 0 Å². The lowest BCUT2D eigenvalue weighted by Crippen LogP contribution is -2.23. The van der Waals surface area contributed by atoms with Gasteiger partial charge in [0, 0.05) is 6.20 Å². The van der Waals surface area contributed by atoms with Crippen molar-refractivity contribution in [1.82, 2.24) is 14.5 Å². The summed E-state index contributed by atoms with van der Waals surface area (Å²) < 4.78 is 6.77. The molecular weight excluding hydrogens is 262 g/mol. The summed E-state index contributed by atoms with van der Waals surface area (Å²) in [5.41, 5.74) is 0.0583. The van der Waals surface area contributed by atoms with Crippen molar-refractivity contribution in [2.24, 2.45) is 0 Å². The third-order valence-electron chi connectivity index (χ3n) is 2.47. The van der Waals surface area contributed by atoms with Crippen molar-refractivity contribution in [3.63, 3.8) is 0 Å². The molecular formula is C10H12ClN3O4. The number of nitrogens with zero attached hydrogens (tertiary/aromatic N) is 2. The number of fused-ring (bicyclic) bond motifs is 1. The van der Waals surface area contributed by atoms with Crippen molar-refractivity contribution in [2.45, 2.75) is 12.8 Å². The summed E-state index contributed by atoms with van der Waals surface area (Å²) in [4.78, 5) is 18.0. The Kier molecular flexibility index (Phi) is 3.97. The number of aromatic nitrogens is 3. The van der Waals surface area contributed by atoms with Gasteiger partial charge in [-0.05, 0) is 0 Å². The molecule has 3 N–H and O–H groups in total. The van der Waals surface area contributed by atoms with Crippen LogP contribution in [0.2, 0.25) is 5.02 Å². The Balaban J connectivity index is 2.29. The van der Waals surface area contributed by atoms with Gasteiger partial charge in [0.25, 0.3) is 5.56 Å². The first-order valence-electron chi connectivity index (χ1n) is 5.22. The van der Waals surface area contributed by atoms with E-state index in [9.17, 15) is 4.79 Å². The predicted octanol–water partition coefficient (Wildman–Crippen LogP) is -0.295. The molecule has 0 atom stereocenters. The molecule has 2 aromatic rings. The molecule has 0 saturated heterocycles. The maximum Gasteiger partial charge on any atom is 0.261 e. The smallest absolute Gasteiger partial charge is 0.261 e. The maximum atomic E-state index is 11.5. The zero-order valence-electron chi connectivity index (χ0n) is 9.34. The molecule has 2 rings (SSSR count). The number of aromatic amines is 1. The third kappa shape index (κ3) is 2.39. The van der Waals surface area contributed by atoms with E-state index in [1.165, 1.54) is 17.1 Å². The average molecular weight is 274 g/mol. The highest BCUT2D eigenvalue weighted by Gasteiger charge is 2.13. The fraction of sp³-hybridized carbons (Fsp3) is 0.400. The Morgan fingerprint density at radius 1 is 1.50 bits per heavy atom. The first-order valence-corrected chi connectivity index (χ1v) is 5.60. The van der Waals surface area contributed by atoms with Gasteiger partial charge in [-0.3, -0.25) is 4.79 Å². The molecule has 0 radical (unpaired) electrons. The molecule has 0 saturated carbocycles. The van der Waals surface area contributed by atoms with E-state index in [1.54, 1.807) is 0 Å².